The van der Waals surface area contributed by atoms with Crippen LogP contribution in [0.5, 0.6) is 5.75 Å². The lowest BCUT2D eigenvalue weighted by Gasteiger charge is -2.15. The van der Waals surface area contributed by atoms with Gasteiger partial charge in [0.1, 0.15) is 28.5 Å². The Labute approximate surface area is 182 Å². The number of pyridine rings is 1. The van der Waals surface area contributed by atoms with E-state index in [0.29, 0.717) is 5.69 Å². The van der Waals surface area contributed by atoms with Crippen LogP contribution in [0.1, 0.15) is 32.0 Å². The molecule has 1 aromatic heterocycles. The first kappa shape index (κ1) is 22.2. The minimum Gasteiger partial charge on any atom is -0.487 e. The van der Waals surface area contributed by atoms with E-state index in [4.69, 9.17) is 9.84 Å². The van der Waals surface area contributed by atoms with E-state index in [0.717, 1.165) is 24.3 Å². The van der Waals surface area contributed by atoms with Crippen LogP contribution in [0.15, 0.2) is 51.7 Å². The van der Waals surface area contributed by atoms with Gasteiger partial charge in [0, 0.05) is 29.1 Å². The number of carboxylic acid groups (broad SMARTS) is 2. The van der Waals surface area contributed by atoms with Crippen molar-refractivity contribution in [3.8, 4) is 11.4 Å². The van der Waals surface area contributed by atoms with Gasteiger partial charge in [-0.15, -0.1) is 0 Å². The van der Waals surface area contributed by atoms with Crippen molar-refractivity contribution in [1.29, 1.82) is 0 Å². The molecule has 0 bridgehead atoms. The van der Waals surface area contributed by atoms with Gasteiger partial charge in [-0.3, -0.25) is 9.36 Å². The number of nitrogens with zero attached hydrogens (tertiary/aromatic N) is 1. The molecule has 10 heteroatoms. The summed E-state index contributed by atoms with van der Waals surface area (Å²) in [6, 6.07) is 8.00. The maximum atomic E-state index is 13.8. The summed E-state index contributed by atoms with van der Waals surface area (Å²) in [7, 11) is 0. The number of hydrogen-bond acceptors (Lipinski definition) is 4. The Morgan fingerprint density at radius 1 is 1.03 bits per heavy atom. The van der Waals surface area contributed by atoms with E-state index in [1.807, 2.05) is 0 Å². The Bertz CT molecular complexity index is 1270. The fraction of sp³-hybridized carbons (Fsp3) is 0.0952. The fourth-order valence-corrected chi connectivity index (χ4v) is 3.34. The van der Waals surface area contributed by atoms with Crippen molar-refractivity contribution in [2.45, 2.75) is 13.5 Å². The van der Waals surface area contributed by atoms with Gasteiger partial charge in [0.05, 0.1) is 11.1 Å². The summed E-state index contributed by atoms with van der Waals surface area (Å²) in [5.74, 6) is -4.28. The van der Waals surface area contributed by atoms with Gasteiger partial charge in [0.15, 0.2) is 0 Å². The molecule has 3 aromatic rings. The number of halogens is 3. The quantitative estimate of drug-likeness (QED) is 0.533. The molecule has 160 valence electrons. The van der Waals surface area contributed by atoms with E-state index in [9.17, 15) is 28.3 Å². The zero-order valence-corrected chi connectivity index (χ0v) is 17.4. The highest BCUT2D eigenvalue weighted by Gasteiger charge is 2.19. The van der Waals surface area contributed by atoms with Crippen LogP contribution in [-0.2, 0) is 6.61 Å². The third-order valence-electron chi connectivity index (χ3n) is 4.42. The minimum absolute atomic E-state index is 0.0141. The van der Waals surface area contributed by atoms with Gasteiger partial charge in [0.2, 0.25) is 0 Å². The number of aryl methyl sites for hydroxylation is 1. The average molecular weight is 494 g/mol. The highest BCUT2D eigenvalue weighted by Crippen LogP contribution is 2.26. The average Bonchev–Trinajstić information content (AvgIpc) is 2.70. The lowest BCUT2D eigenvalue weighted by molar-refractivity contribution is 0.0651. The molecule has 0 amide bonds. The molecule has 1 heterocycles. The molecule has 0 aliphatic heterocycles. The topological polar surface area (TPSA) is 106 Å². The monoisotopic (exact) mass is 493 g/mol. The number of ether oxygens (including phenoxy) is 1. The van der Waals surface area contributed by atoms with E-state index < -0.39 is 40.3 Å². The fourth-order valence-electron chi connectivity index (χ4n) is 2.94. The van der Waals surface area contributed by atoms with Crippen molar-refractivity contribution in [3.63, 3.8) is 0 Å². The van der Waals surface area contributed by atoms with Crippen molar-refractivity contribution in [2.24, 2.45) is 0 Å². The van der Waals surface area contributed by atoms with Gasteiger partial charge >= 0.3 is 11.9 Å². The molecule has 0 saturated carbocycles. The summed E-state index contributed by atoms with van der Waals surface area (Å²) in [5, 5.41) is 18.5. The van der Waals surface area contributed by atoms with Gasteiger partial charge in [-0.2, -0.15) is 0 Å². The number of benzene rings is 2. The van der Waals surface area contributed by atoms with Gasteiger partial charge < -0.3 is 14.9 Å². The van der Waals surface area contributed by atoms with Crippen LogP contribution in [0.4, 0.5) is 8.78 Å². The van der Waals surface area contributed by atoms with E-state index in [2.05, 4.69) is 15.9 Å². The summed E-state index contributed by atoms with van der Waals surface area (Å²) in [6.07, 6.45) is 0. The maximum absolute atomic E-state index is 13.8. The maximum Gasteiger partial charge on any atom is 0.336 e. The smallest absolute Gasteiger partial charge is 0.336 e. The van der Waals surface area contributed by atoms with E-state index in [-0.39, 0.29) is 28.1 Å². The molecule has 2 N–H and O–H groups in total. The minimum atomic E-state index is -1.45. The van der Waals surface area contributed by atoms with Crippen LogP contribution in [0.3, 0.4) is 0 Å². The number of carboxylic acids is 2. The van der Waals surface area contributed by atoms with Crippen LogP contribution in [0, 0.1) is 18.6 Å². The van der Waals surface area contributed by atoms with Crippen molar-refractivity contribution >= 4 is 27.9 Å². The first-order valence-corrected chi connectivity index (χ1v) is 9.49. The number of aromatic carboxylic acids is 2. The summed E-state index contributed by atoms with van der Waals surface area (Å²) >= 11 is 3.13. The predicted octanol–water partition coefficient (Wildman–Crippen LogP) is 4.16. The van der Waals surface area contributed by atoms with Crippen molar-refractivity contribution < 1.29 is 33.3 Å². The van der Waals surface area contributed by atoms with Gasteiger partial charge in [-0.25, -0.2) is 18.4 Å². The Morgan fingerprint density at radius 3 is 2.32 bits per heavy atom. The van der Waals surface area contributed by atoms with E-state index in [1.54, 1.807) is 6.92 Å². The Kier molecular flexibility index (Phi) is 6.21. The molecule has 0 aliphatic rings. The summed E-state index contributed by atoms with van der Waals surface area (Å²) in [6.45, 7) is 1.30. The molecule has 2 aromatic carbocycles. The summed E-state index contributed by atoms with van der Waals surface area (Å²) < 4.78 is 33.5. The molecular weight excluding hydrogens is 480 g/mol. The lowest BCUT2D eigenvalue weighted by atomic mass is 10.1. The van der Waals surface area contributed by atoms with Crippen LogP contribution >= 0.6 is 15.9 Å². The molecule has 0 spiro atoms. The molecule has 0 unspecified atom stereocenters. The summed E-state index contributed by atoms with van der Waals surface area (Å²) in [4.78, 5) is 35.6. The SMILES string of the molecule is Cc1cc(OCc2ccc(F)cc2F)c(Br)c(=O)n1-c1ccc(C(=O)O)c(C(=O)O)c1. The molecule has 3 rings (SSSR count). The summed E-state index contributed by atoms with van der Waals surface area (Å²) in [5.41, 5.74) is -0.912. The van der Waals surface area contributed by atoms with Crippen molar-refractivity contribution in [2.75, 3.05) is 0 Å². The molecule has 0 saturated heterocycles. The number of hydrogen-bond donors (Lipinski definition) is 2. The first-order chi connectivity index (χ1) is 14.6. The molecule has 31 heavy (non-hydrogen) atoms. The van der Waals surface area contributed by atoms with E-state index in [1.165, 1.54) is 22.8 Å². The number of aromatic nitrogens is 1. The molecule has 0 fully saturated rings. The largest absolute Gasteiger partial charge is 0.487 e. The Morgan fingerprint density at radius 2 is 1.71 bits per heavy atom. The van der Waals surface area contributed by atoms with Crippen LogP contribution in [-0.4, -0.2) is 26.7 Å². The van der Waals surface area contributed by atoms with Crippen LogP contribution < -0.4 is 10.3 Å². The van der Waals surface area contributed by atoms with Crippen LogP contribution in [0.2, 0.25) is 0 Å². The highest BCUT2D eigenvalue weighted by molar-refractivity contribution is 9.10. The molecule has 0 radical (unpaired) electrons. The number of carbonyl (C=O) groups is 2. The normalized spacial score (nSPS) is 10.7. The van der Waals surface area contributed by atoms with Crippen molar-refractivity contribution in [3.05, 3.63) is 91.3 Å². The van der Waals surface area contributed by atoms with E-state index >= 15 is 0 Å². The second kappa shape index (κ2) is 8.68. The van der Waals surface area contributed by atoms with Crippen molar-refractivity contribution in [1.82, 2.24) is 4.57 Å². The molecule has 0 aliphatic carbocycles. The second-order valence-corrected chi connectivity index (χ2v) is 7.26. The zero-order chi connectivity index (χ0) is 22.9. The van der Waals surface area contributed by atoms with Crippen LogP contribution in [0.25, 0.3) is 5.69 Å². The third-order valence-corrected chi connectivity index (χ3v) is 5.15. The van der Waals surface area contributed by atoms with Gasteiger partial charge in [-0.05, 0) is 53.2 Å². The predicted molar refractivity (Wildman–Crippen MR) is 109 cm³/mol. The second-order valence-electron chi connectivity index (χ2n) is 6.47. The first-order valence-electron chi connectivity index (χ1n) is 8.70. The lowest BCUT2D eigenvalue weighted by Crippen LogP contribution is -2.23. The molecule has 0 atom stereocenters. The van der Waals surface area contributed by atoms with Gasteiger partial charge in [-0.1, -0.05) is 0 Å². The number of rotatable bonds is 6. The Hall–Kier alpha value is -3.53. The zero-order valence-electron chi connectivity index (χ0n) is 15.9. The molecule has 7 nitrogen and oxygen atoms in total. The highest BCUT2D eigenvalue weighted by atomic mass is 79.9. The Balaban J connectivity index is 2.00. The third kappa shape index (κ3) is 4.48. The van der Waals surface area contributed by atoms with Gasteiger partial charge in [0.25, 0.3) is 5.56 Å². The standard InChI is InChI=1S/C21H14BrF2NO6/c1-10-6-17(31-9-11-2-3-12(23)7-16(11)24)18(22)19(26)25(10)13-4-5-14(20(27)28)15(8-13)21(29)30/h2-8H,9H2,1H3,(H,27,28)(H,29,30). The molecular formula is C21H14BrF2NO6.